The number of rotatable bonds is 4. The zero-order valence-electron chi connectivity index (χ0n) is 10.7. The number of nitrogens with one attached hydrogen (secondary N) is 1. The monoisotopic (exact) mass is 307 g/mol. The molecule has 0 amide bonds. The fourth-order valence-electron chi connectivity index (χ4n) is 1.60. The number of nitrogens with two attached hydrogens (primary N) is 1. The Labute approximate surface area is 122 Å². The number of nitrogens with zero attached hydrogens (tertiary/aromatic N) is 1. The maximum absolute atomic E-state index is 12.3. The van der Waals surface area contributed by atoms with Crippen LogP contribution in [0.1, 0.15) is 11.1 Å². The van der Waals surface area contributed by atoms with Crippen molar-refractivity contribution < 1.29 is 8.42 Å². The van der Waals surface area contributed by atoms with Gasteiger partial charge in [-0.25, -0.2) is 13.4 Å². The summed E-state index contributed by atoms with van der Waals surface area (Å²) >= 11 is 4.85. The standard InChI is InChI=1S/C13H13N3O2S2/c1-9-4-3-7-15-13(9)16-20(17,18)11-6-2-5-10(8-11)12(14)19/h2-8H,1H3,(H2,14,19)(H,15,16). The molecule has 1 aromatic carbocycles. The van der Waals surface area contributed by atoms with Crippen molar-refractivity contribution in [2.45, 2.75) is 11.8 Å². The minimum absolute atomic E-state index is 0.0906. The van der Waals surface area contributed by atoms with Crippen LogP contribution in [-0.2, 0) is 10.0 Å². The molecular weight excluding hydrogens is 294 g/mol. The van der Waals surface area contributed by atoms with Crippen LogP contribution in [-0.4, -0.2) is 18.4 Å². The van der Waals surface area contributed by atoms with Gasteiger partial charge < -0.3 is 5.73 Å². The van der Waals surface area contributed by atoms with Gasteiger partial charge in [-0.15, -0.1) is 0 Å². The van der Waals surface area contributed by atoms with Gasteiger partial charge in [0.1, 0.15) is 10.8 Å². The third kappa shape index (κ3) is 3.12. The highest BCUT2D eigenvalue weighted by Gasteiger charge is 2.16. The SMILES string of the molecule is Cc1cccnc1NS(=O)(=O)c1cccc(C(N)=S)c1. The van der Waals surface area contributed by atoms with Crippen molar-refractivity contribution in [2.75, 3.05) is 4.72 Å². The summed E-state index contributed by atoms with van der Waals surface area (Å²) in [6.45, 7) is 1.77. The molecule has 0 radical (unpaired) electrons. The van der Waals surface area contributed by atoms with Crippen LogP contribution in [0.5, 0.6) is 0 Å². The molecule has 20 heavy (non-hydrogen) atoms. The molecule has 0 aliphatic carbocycles. The lowest BCUT2D eigenvalue weighted by molar-refractivity contribution is 0.601. The molecule has 0 bridgehead atoms. The summed E-state index contributed by atoms with van der Waals surface area (Å²) in [6, 6.07) is 9.67. The Morgan fingerprint density at radius 3 is 2.70 bits per heavy atom. The van der Waals surface area contributed by atoms with Gasteiger partial charge in [0.25, 0.3) is 10.0 Å². The van der Waals surface area contributed by atoms with Crippen molar-refractivity contribution in [1.29, 1.82) is 0 Å². The van der Waals surface area contributed by atoms with E-state index in [4.69, 9.17) is 18.0 Å². The third-order valence-electron chi connectivity index (χ3n) is 2.67. The van der Waals surface area contributed by atoms with Gasteiger partial charge in [0, 0.05) is 11.8 Å². The number of aromatic nitrogens is 1. The molecule has 0 saturated carbocycles. The molecule has 7 heteroatoms. The minimum atomic E-state index is -3.72. The largest absolute Gasteiger partial charge is 0.389 e. The van der Waals surface area contributed by atoms with E-state index < -0.39 is 10.0 Å². The quantitative estimate of drug-likeness (QED) is 0.842. The van der Waals surface area contributed by atoms with Crippen LogP contribution in [0.15, 0.2) is 47.5 Å². The highest BCUT2D eigenvalue weighted by molar-refractivity contribution is 7.92. The summed E-state index contributed by atoms with van der Waals surface area (Å²) in [5, 5.41) is 0. The molecule has 0 saturated heterocycles. The van der Waals surface area contributed by atoms with E-state index in [-0.39, 0.29) is 9.88 Å². The summed E-state index contributed by atoms with van der Waals surface area (Å²) < 4.78 is 27.0. The van der Waals surface area contributed by atoms with Gasteiger partial charge in [-0.05, 0) is 30.7 Å². The van der Waals surface area contributed by atoms with Crippen LogP contribution in [0.4, 0.5) is 5.82 Å². The molecule has 1 aromatic heterocycles. The fraction of sp³-hybridized carbons (Fsp3) is 0.0769. The number of benzene rings is 1. The second kappa shape index (κ2) is 5.56. The molecule has 0 fully saturated rings. The highest BCUT2D eigenvalue weighted by Crippen LogP contribution is 2.18. The number of hydrogen-bond donors (Lipinski definition) is 2. The Kier molecular flexibility index (Phi) is 4.01. The second-order valence-electron chi connectivity index (χ2n) is 4.17. The van der Waals surface area contributed by atoms with E-state index in [2.05, 4.69) is 9.71 Å². The molecule has 104 valence electrons. The average Bonchev–Trinajstić information content (AvgIpc) is 2.41. The lowest BCUT2D eigenvalue weighted by Crippen LogP contribution is -2.16. The predicted molar refractivity (Wildman–Crippen MR) is 82.1 cm³/mol. The van der Waals surface area contributed by atoms with E-state index in [9.17, 15) is 8.42 Å². The summed E-state index contributed by atoms with van der Waals surface area (Å²) in [5.74, 6) is 0.299. The minimum Gasteiger partial charge on any atom is -0.389 e. The number of anilines is 1. The summed E-state index contributed by atoms with van der Waals surface area (Å²) in [4.78, 5) is 4.25. The lowest BCUT2D eigenvalue weighted by atomic mass is 10.2. The van der Waals surface area contributed by atoms with Gasteiger partial charge in [0.2, 0.25) is 0 Å². The van der Waals surface area contributed by atoms with Crippen molar-refractivity contribution >= 4 is 33.0 Å². The van der Waals surface area contributed by atoms with Crippen LogP contribution in [0.2, 0.25) is 0 Å². The van der Waals surface area contributed by atoms with Gasteiger partial charge in [0.15, 0.2) is 0 Å². The topological polar surface area (TPSA) is 85.1 Å². The Bertz CT molecular complexity index is 758. The maximum atomic E-state index is 12.3. The molecule has 0 atom stereocenters. The normalized spacial score (nSPS) is 11.1. The first-order chi connectivity index (χ1) is 9.40. The Morgan fingerprint density at radius 1 is 1.30 bits per heavy atom. The Balaban J connectivity index is 2.38. The van der Waals surface area contributed by atoms with Gasteiger partial charge in [0.05, 0.1) is 4.90 Å². The first kappa shape index (κ1) is 14.4. The highest BCUT2D eigenvalue weighted by atomic mass is 32.2. The van der Waals surface area contributed by atoms with Crippen LogP contribution >= 0.6 is 12.2 Å². The second-order valence-corrected chi connectivity index (χ2v) is 6.29. The Morgan fingerprint density at radius 2 is 2.05 bits per heavy atom. The maximum Gasteiger partial charge on any atom is 0.263 e. The summed E-state index contributed by atoms with van der Waals surface area (Å²) in [6.07, 6.45) is 1.52. The average molecular weight is 307 g/mol. The zero-order chi connectivity index (χ0) is 14.8. The number of hydrogen-bond acceptors (Lipinski definition) is 4. The fourth-order valence-corrected chi connectivity index (χ4v) is 2.85. The molecular formula is C13H13N3O2S2. The van der Waals surface area contributed by atoms with Crippen molar-refractivity contribution in [2.24, 2.45) is 5.73 Å². The first-order valence-corrected chi connectivity index (χ1v) is 7.63. The number of thiocarbonyl (C=S) groups is 1. The molecule has 0 aliphatic heterocycles. The predicted octanol–water partition coefficient (Wildman–Crippen LogP) is 1.83. The number of aryl methyl sites for hydroxylation is 1. The van der Waals surface area contributed by atoms with Crippen LogP contribution in [0.25, 0.3) is 0 Å². The van der Waals surface area contributed by atoms with E-state index in [1.54, 1.807) is 31.2 Å². The van der Waals surface area contributed by atoms with E-state index >= 15 is 0 Å². The molecule has 2 rings (SSSR count). The van der Waals surface area contributed by atoms with E-state index in [1.165, 1.54) is 18.3 Å². The molecule has 2 aromatic rings. The van der Waals surface area contributed by atoms with E-state index in [1.807, 2.05) is 0 Å². The molecule has 3 N–H and O–H groups in total. The smallest absolute Gasteiger partial charge is 0.263 e. The molecule has 0 unspecified atom stereocenters. The van der Waals surface area contributed by atoms with Gasteiger partial charge in [-0.2, -0.15) is 0 Å². The molecule has 1 heterocycles. The van der Waals surface area contributed by atoms with E-state index in [0.717, 1.165) is 5.56 Å². The van der Waals surface area contributed by atoms with Crippen LogP contribution < -0.4 is 10.5 Å². The molecule has 0 aliphatic rings. The molecule has 0 spiro atoms. The first-order valence-electron chi connectivity index (χ1n) is 5.74. The summed E-state index contributed by atoms with van der Waals surface area (Å²) in [7, 11) is -3.72. The molecule has 5 nitrogen and oxygen atoms in total. The van der Waals surface area contributed by atoms with Gasteiger partial charge >= 0.3 is 0 Å². The number of sulfonamides is 1. The van der Waals surface area contributed by atoms with Crippen molar-refractivity contribution in [3.05, 3.63) is 53.7 Å². The van der Waals surface area contributed by atoms with Crippen molar-refractivity contribution in [1.82, 2.24) is 4.98 Å². The van der Waals surface area contributed by atoms with Gasteiger partial charge in [-0.3, -0.25) is 4.72 Å². The van der Waals surface area contributed by atoms with Gasteiger partial charge in [-0.1, -0.05) is 30.4 Å². The lowest BCUT2D eigenvalue weighted by Gasteiger charge is -2.10. The van der Waals surface area contributed by atoms with Crippen LogP contribution in [0.3, 0.4) is 0 Å². The zero-order valence-corrected chi connectivity index (χ0v) is 12.3. The van der Waals surface area contributed by atoms with Crippen molar-refractivity contribution in [3.63, 3.8) is 0 Å². The van der Waals surface area contributed by atoms with E-state index in [0.29, 0.717) is 11.4 Å². The number of pyridine rings is 1. The van der Waals surface area contributed by atoms with Crippen molar-refractivity contribution in [3.8, 4) is 0 Å². The Hall–Kier alpha value is -1.99. The van der Waals surface area contributed by atoms with Crippen LogP contribution in [0, 0.1) is 6.92 Å². The summed E-state index contributed by atoms with van der Waals surface area (Å²) in [5.41, 5.74) is 6.74. The third-order valence-corrected chi connectivity index (χ3v) is 4.24.